The monoisotopic (exact) mass is 1140 g/mol. The van der Waals surface area contributed by atoms with Gasteiger partial charge >= 0.3 is 0 Å². The molecule has 1 aliphatic carbocycles. The number of pyridine rings is 1. The molecule has 432 valence electrons. The average molecular weight is 1140 g/mol. The first kappa shape index (κ1) is 54.1. The van der Waals surface area contributed by atoms with E-state index in [1.54, 1.807) is 13.2 Å². The van der Waals surface area contributed by atoms with Gasteiger partial charge in [-0.15, -0.1) is 0 Å². The Morgan fingerprint density at radius 3 is 2.49 bits per heavy atom. The van der Waals surface area contributed by atoms with Crippen molar-refractivity contribution in [3.8, 4) is 23.1 Å². The van der Waals surface area contributed by atoms with E-state index >= 15 is 0 Å². The van der Waals surface area contributed by atoms with Gasteiger partial charge in [-0.05, 0) is 124 Å². The Labute approximate surface area is 477 Å². The van der Waals surface area contributed by atoms with Crippen LogP contribution in [0.5, 0.6) is 23.1 Å². The highest BCUT2D eigenvalue weighted by Crippen LogP contribution is 2.54. The molecule has 6 aliphatic heterocycles. The second kappa shape index (κ2) is 22.2. The van der Waals surface area contributed by atoms with Crippen molar-refractivity contribution in [1.29, 1.82) is 0 Å². The van der Waals surface area contributed by atoms with E-state index in [0.29, 0.717) is 55.2 Å². The molecule has 1 amide bonds. The van der Waals surface area contributed by atoms with Gasteiger partial charge in [0.15, 0.2) is 11.4 Å². The summed E-state index contributed by atoms with van der Waals surface area (Å²) in [7, 11) is -3.02. The van der Waals surface area contributed by atoms with Crippen LogP contribution in [0.15, 0.2) is 102 Å². The number of fused-ring (bicyclic) bond motifs is 4. The number of aromatic amines is 1. The van der Waals surface area contributed by atoms with Gasteiger partial charge in [0.2, 0.25) is 5.88 Å². The number of carbonyl (C=O) groups is 1. The third kappa shape index (κ3) is 10.5. The first-order valence-electron chi connectivity index (χ1n) is 28.9. The second-order valence-corrected chi connectivity index (χ2v) is 25.2. The van der Waals surface area contributed by atoms with E-state index in [0.717, 1.165) is 106 Å². The number of piperazine rings is 1. The van der Waals surface area contributed by atoms with Gasteiger partial charge in [-0.1, -0.05) is 30.3 Å². The maximum atomic E-state index is 14.9. The lowest BCUT2D eigenvalue weighted by atomic mass is 9.59. The van der Waals surface area contributed by atoms with Crippen LogP contribution >= 0.6 is 0 Å². The zero-order chi connectivity index (χ0) is 56.3. The van der Waals surface area contributed by atoms with E-state index in [1.807, 2.05) is 42.6 Å². The number of anilines is 4. The smallest absolute Gasteiger partial charge is 0.297 e. The molecule has 8 heterocycles. The Morgan fingerprint density at radius 2 is 1.71 bits per heavy atom. The molecule has 4 saturated heterocycles. The molecule has 0 bridgehead atoms. The number of hydrogen-bond donors (Lipinski definition) is 3. The summed E-state index contributed by atoms with van der Waals surface area (Å²) in [6.45, 7) is 11.5. The number of nitro benzene ring substituents is 1. The number of hydrogen-bond acceptors (Lipinski definition) is 17. The fourth-order valence-electron chi connectivity index (χ4n) is 13.8. The lowest BCUT2D eigenvalue weighted by molar-refractivity contribution is -0.384. The summed E-state index contributed by atoms with van der Waals surface area (Å²) in [6, 6.07) is 28.7. The zero-order valence-electron chi connectivity index (χ0n) is 46.6. The van der Waals surface area contributed by atoms with E-state index in [4.69, 9.17) is 33.4 Å². The first-order valence-corrected chi connectivity index (χ1v) is 30.4. The number of sulfonamides is 1. The molecular weight excluding hydrogens is 1070 g/mol. The van der Waals surface area contributed by atoms with Crippen LogP contribution in [-0.2, 0) is 26.0 Å². The maximum absolute atomic E-state index is 14.9. The number of nitro groups is 1. The number of para-hydroxylation sites is 1. The Hall–Kier alpha value is -7.17. The van der Waals surface area contributed by atoms with Crippen molar-refractivity contribution < 1.29 is 46.6 Å². The molecule has 0 radical (unpaired) electrons. The normalized spacial score (nSPS) is 23.2. The van der Waals surface area contributed by atoms with Crippen LogP contribution < -0.4 is 38.8 Å². The Morgan fingerprint density at radius 1 is 0.915 bits per heavy atom. The second-order valence-electron chi connectivity index (χ2n) is 23.5. The van der Waals surface area contributed by atoms with Crippen molar-refractivity contribution >= 4 is 55.4 Å². The zero-order valence-corrected chi connectivity index (χ0v) is 47.4. The molecule has 4 aromatic carbocycles. The first-order chi connectivity index (χ1) is 39.8. The average Bonchev–Trinajstić information content (AvgIpc) is 1.88. The van der Waals surface area contributed by atoms with Gasteiger partial charge < -0.3 is 48.5 Å². The van der Waals surface area contributed by atoms with Crippen LogP contribution in [0.3, 0.4) is 0 Å². The topological polar surface area (TPSA) is 215 Å². The molecule has 0 unspecified atom stereocenters. The number of carbonyl (C=O) groups excluding carboxylic acids is 1. The van der Waals surface area contributed by atoms with Crippen LogP contribution in [0.1, 0.15) is 86.3 Å². The van der Waals surface area contributed by atoms with Crippen molar-refractivity contribution in [2.45, 2.75) is 107 Å². The minimum absolute atomic E-state index is 0.0249. The quantitative estimate of drug-likeness (QED) is 0.0685. The standard InChI is InChI=1S/C61H71N9O11S/c1-38(2)80-54-7-5-4-6-46(54)53-35-66(34-39-8-11-44(76-3)12-9-39)23-24-68(53)43-32-61(33-43)18-21-67(22-19-61)42-10-13-47(50(29-42)69-49-17-27-78-37-56(49)81-60-52(69)28-41-14-20-62-58(41)64-60)59(71)65-82(74,75)45-30-51(70(72)73)57-55(31-45)79-36-48(63-57)40-15-25-77-26-16-40/h4-14,20,28-31,38,40,43,48-49,53,56,63H,15-19,21-27,32-37H2,1-3H3,(H,62,64)(H,65,71)/t48-,49-,53-,56-/m0/s1. The van der Waals surface area contributed by atoms with Gasteiger partial charge in [0.1, 0.15) is 35.5 Å². The van der Waals surface area contributed by atoms with Crippen molar-refractivity contribution in [3.63, 3.8) is 0 Å². The summed E-state index contributed by atoms with van der Waals surface area (Å²) in [4.78, 5) is 44.3. The van der Waals surface area contributed by atoms with Crippen molar-refractivity contribution in [3.05, 3.63) is 124 Å². The van der Waals surface area contributed by atoms with Crippen LogP contribution in [0, 0.1) is 21.4 Å². The van der Waals surface area contributed by atoms with E-state index < -0.39 is 37.5 Å². The molecule has 1 spiro atoms. The molecule has 3 N–H and O–H groups in total. The minimum atomic E-state index is -4.72. The molecule has 5 fully saturated rings. The third-order valence-corrected chi connectivity index (χ3v) is 19.5. The lowest BCUT2D eigenvalue weighted by Gasteiger charge is -2.58. The Balaban J connectivity index is 0.771. The van der Waals surface area contributed by atoms with Crippen LogP contribution in [0.2, 0.25) is 0 Å². The molecule has 1 saturated carbocycles. The SMILES string of the molecule is COc1ccc(CN2CCN(C3CC4(CCN(c5ccc(C(=O)NS(=O)(=O)c6cc7c(c([N+](=O)[O-])c6)N[C@H](C6CCOCC6)CO7)c(N6c7cc8cc[nH]c8nc7O[C@H]7COCC[C@@H]76)c5)CC4)C3)[C@H](c3ccccc3OC(C)C)C2)cc1. The molecule has 21 heteroatoms. The number of nitrogens with one attached hydrogen (secondary N) is 3. The summed E-state index contributed by atoms with van der Waals surface area (Å²) in [5, 5.41) is 16.7. The minimum Gasteiger partial charge on any atom is -0.497 e. The fourth-order valence-corrected chi connectivity index (χ4v) is 14.8. The Kier molecular flexibility index (Phi) is 14.6. The van der Waals surface area contributed by atoms with Crippen molar-refractivity contribution in [1.82, 2.24) is 24.5 Å². The van der Waals surface area contributed by atoms with E-state index in [2.05, 4.69) is 84.9 Å². The van der Waals surface area contributed by atoms with E-state index in [-0.39, 0.29) is 65.8 Å². The Bertz CT molecular complexity index is 3470. The molecule has 2 aromatic heterocycles. The number of aromatic nitrogens is 2. The molecule has 7 aliphatic rings. The molecule has 20 nitrogen and oxygen atoms in total. The lowest BCUT2D eigenvalue weighted by Crippen LogP contribution is -2.59. The number of methoxy groups -OCH3 is 1. The largest absolute Gasteiger partial charge is 0.497 e. The van der Waals surface area contributed by atoms with Gasteiger partial charge in [0.05, 0.1) is 59.0 Å². The predicted octanol–water partition coefficient (Wildman–Crippen LogP) is 8.98. The molecule has 82 heavy (non-hydrogen) atoms. The van der Waals surface area contributed by atoms with Gasteiger partial charge in [-0.3, -0.25) is 24.7 Å². The third-order valence-electron chi connectivity index (χ3n) is 18.2. The summed E-state index contributed by atoms with van der Waals surface area (Å²) < 4.78 is 67.3. The van der Waals surface area contributed by atoms with Crippen LogP contribution in [-0.4, -0.2) is 142 Å². The van der Waals surface area contributed by atoms with Crippen LogP contribution in [0.25, 0.3) is 11.0 Å². The van der Waals surface area contributed by atoms with Gasteiger partial charge in [-0.25, -0.2) is 13.1 Å². The number of amides is 1. The van der Waals surface area contributed by atoms with E-state index in [9.17, 15) is 23.3 Å². The van der Waals surface area contributed by atoms with Crippen molar-refractivity contribution in [2.24, 2.45) is 11.3 Å². The van der Waals surface area contributed by atoms with Crippen molar-refractivity contribution in [2.75, 3.05) is 88.0 Å². The molecule has 4 atom stereocenters. The number of rotatable bonds is 14. The number of ether oxygens (including phenoxy) is 6. The molecular formula is C61H71N9O11S. The summed E-state index contributed by atoms with van der Waals surface area (Å²) >= 11 is 0. The number of piperidine rings is 1. The maximum Gasteiger partial charge on any atom is 0.297 e. The summed E-state index contributed by atoms with van der Waals surface area (Å²) in [5.41, 5.74) is 5.06. The highest BCUT2D eigenvalue weighted by atomic mass is 32.2. The summed E-state index contributed by atoms with van der Waals surface area (Å²) in [5.74, 6) is 1.44. The number of benzene rings is 4. The highest BCUT2D eigenvalue weighted by molar-refractivity contribution is 7.90. The molecule has 6 aromatic rings. The van der Waals surface area contributed by atoms with Crippen LogP contribution in [0.4, 0.5) is 28.4 Å². The van der Waals surface area contributed by atoms with Gasteiger partial charge in [-0.2, -0.15) is 4.98 Å². The predicted molar refractivity (Wildman–Crippen MR) is 309 cm³/mol. The van der Waals surface area contributed by atoms with Gasteiger partial charge in [0, 0.05) is 100 Å². The van der Waals surface area contributed by atoms with E-state index in [1.165, 1.54) is 17.2 Å². The fraction of sp³-hybridized carbons (Fsp3) is 0.475. The number of nitrogens with zero attached hydrogens (tertiary/aromatic N) is 6. The molecule has 13 rings (SSSR count). The number of H-pyrrole nitrogens is 1. The summed E-state index contributed by atoms with van der Waals surface area (Å²) in [6.07, 6.45) is 7.69. The highest BCUT2D eigenvalue weighted by Gasteiger charge is 2.51. The van der Waals surface area contributed by atoms with Gasteiger partial charge in [0.25, 0.3) is 21.6 Å².